The molecule has 4 aliphatic heterocycles. The highest BCUT2D eigenvalue weighted by molar-refractivity contribution is 8.01. The molecule has 2 atom stereocenters. The van der Waals surface area contributed by atoms with Crippen LogP contribution in [0.5, 0.6) is 28.7 Å². The number of carbonyl (C=O) groups excluding carboxylic acids is 4. The summed E-state index contributed by atoms with van der Waals surface area (Å²) in [4.78, 5) is 71.6. The van der Waals surface area contributed by atoms with Crippen molar-refractivity contribution in [1.29, 1.82) is 0 Å². The van der Waals surface area contributed by atoms with Gasteiger partial charge in [0.15, 0.2) is 23.0 Å². The summed E-state index contributed by atoms with van der Waals surface area (Å²) in [7, 11) is 6.42. The van der Waals surface area contributed by atoms with Gasteiger partial charge in [-0.15, -0.1) is 11.8 Å². The third-order valence-corrected chi connectivity index (χ3v) is 14.9. The Hall–Kier alpha value is -6.56. The average Bonchev–Trinajstić information content (AvgIpc) is 4.07. The second kappa shape index (κ2) is 30.3. The number of allylic oxidation sites excluding steroid dienone is 2. The number of nitrogens with one attached hydrogen (secondary N) is 1. The summed E-state index contributed by atoms with van der Waals surface area (Å²) < 4.78 is 56.9. The highest BCUT2D eigenvalue weighted by atomic mass is 32.2. The molecule has 7 rings (SSSR count). The lowest BCUT2D eigenvalue weighted by Crippen LogP contribution is -2.38. The van der Waals surface area contributed by atoms with Crippen LogP contribution in [0, 0.1) is 0 Å². The van der Waals surface area contributed by atoms with Gasteiger partial charge in [-0.25, -0.2) is 0 Å². The molecule has 0 aliphatic carbocycles. The Bertz CT molecular complexity index is 2620. The first-order valence-electron chi connectivity index (χ1n) is 27.0. The first kappa shape index (κ1) is 61.1. The van der Waals surface area contributed by atoms with Gasteiger partial charge >= 0.3 is 5.97 Å². The summed E-state index contributed by atoms with van der Waals surface area (Å²) in [6.07, 6.45) is 9.46. The molecule has 1 aromatic heterocycles. The monoisotopic (exact) mass is 1130 g/mol. The fourth-order valence-electron chi connectivity index (χ4n) is 9.37. The van der Waals surface area contributed by atoms with E-state index in [2.05, 4.69) is 41.0 Å². The van der Waals surface area contributed by atoms with Gasteiger partial charge in [-0.2, -0.15) is 0 Å². The lowest BCUT2D eigenvalue weighted by Gasteiger charge is -2.29. The first-order chi connectivity index (χ1) is 38.7. The predicted molar refractivity (Wildman–Crippen MR) is 304 cm³/mol. The molecule has 21 nitrogen and oxygen atoms in total. The number of rotatable bonds is 32. The second-order valence-corrected chi connectivity index (χ2v) is 21.7. The summed E-state index contributed by atoms with van der Waals surface area (Å²) in [6, 6.07) is 10.2. The Labute approximate surface area is 473 Å². The lowest BCUT2D eigenvalue weighted by molar-refractivity contribution is -0.142. The van der Waals surface area contributed by atoms with Crippen LogP contribution in [0.2, 0.25) is 0 Å². The van der Waals surface area contributed by atoms with Crippen molar-refractivity contribution in [3.8, 4) is 28.7 Å². The summed E-state index contributed by atoms with van der Waals surface area (Å²) in [6.45, 7) is 14.4. The maximum absolute atomic E-state index is 13.8. The molecule has 4 aliphatic rings. The van der Waals surface area contributed by atoms with Crippen LogP contribution >= 0.6 is 11.8 Å². The van der Waals surface area contributed by atoms with Gasteiger partial charge in [-0.3, -0.25) is 34.1 Å². The van der Waals surface area contributed by atoms with Crippen LogP contribution in [0.15, 0.2) is 69.7 Å². The van der Waals surface area contributed by atoms with Gasteiger partial charge in [0.2, 0.25) is 5.91 Å². The van der Waals surface area contributed by atoms with Crippen molar-refractivity contribution >= 4 is 59.3 Å². The molecule has 2 saturated heterocycles. The lowest BCUT2D eigenvalue weighted by atomic mass is 10.1. The summed E-state index contributed by atoms with van der Waals surface area (Å²) in [5.74, 6) is 1.78. The van der Waals surface area contributed by atoms with Crippen LogP contribution in [0.1, 0.15) is 79.1 Å². The molecule has 3 aromatic rings. The van der Waals surface area contributed by atoms with Gasteiger partial charge in [0, 0.05) is 74.2 Å². The number of methoxy groups -OCH3 is 3. The number of thioether (sulfide) groups is 1. The molecule has 22 heteroatoms. The minimum absolute atomic E-state index is 0.0148. The van der Waals surface area contributed by atoms with Gasteiger partial charge in [-0.05, 0) is 59.7 Å². The van der Waals surface area contributed by atoms with Crippen molar-refractivity contribution in [2.75, 3.05) is 126 Å². The van der Waals surface area contributed by atoms with Crippen LogP contribution < -0.4 is 29.0 Å². The molecule has 2 fully saturated rings. The molecule has 0 bridgehead atoms. The van der Waals surface area contributed by atoms with Gasteiger partial charge < -0.3 is 67.4 Å². The fraction of sp³-hybridized carbons (Fsp3) is 0.534. The Kier molecular flexibility index (Phi) is 23.1. The molecule has 3 amide bonds. The van der Waals surface area contributed by atoms with E-state index in [1.165, 1.54) is 32.5 Å². The first-order valence-corrected chi connectivity index (χ1v) is 28.0. The number of amides is 3. The molecule has 0 spiro atoms. The Balaban J connectivity index is 0.913. The zero-order valence-electron chi connectivity index (χ0n) is 47.4. The zero-order chi connectivity index (χ0) is 57.0. The van der Waals surface area contributed by atoms with Crippen molar-refractivity contribution in [2.45, 2.75) is 77.0 Å². The number of carbonyl (C=O) groups is 4. The molecule has 0 unspecified atom stereocenters. The third-order valence-electron chi connectivity index (χ3n) is 13.6. The van der Waals surface area contributed by atoms with E-state index in [1.807, 2.05) is 55.3 Å². The highest BCUT2D eigenvalue weighted by Crippen LogP contribution is 2.41. The van der Waals surface area contributed by atoms with Crippen molar-refractivity contribution < 1.29 is 66.5 Å². The zero-order valence-corrected chi connectivity index (χ0v) is 48.2. The van der Waals surface area contributed by atoms with E-state index in [-0.39, 0.29) is 60.2 Å². The topological polar surface area (TPSA) is 220 Å². The SMILES string of the molecule is C/C=C1\C[C@H]2C=Nc3cc(OCc4cc(OCCN(C)CC(C)(C)SCC(=O)NCCOCCOCCOCCOCCC(=O)OC)cc(COc5cc6c(cc5OC)C(=O)N5C/C(=C/C)C[C@H]5C=N6)n4)c(OC)cc3C(=O)N2C1. The molecular weight excluding hydrogens is 1050 g/mol. The maximum atomic E-state index is 13.8. The molecule has 1 N–H and O–H groups in total. The van der Waals surface area contributed by atoms with Gasteiger partial charge in [0.25, 0.3) is 11.8 Å². The molecule has 0 saturated carbocycles. The number of benzene rings is 2. The minimum Gasteiger partial charge on any atom is -0.493 e. The van der Waals surface area contributed by atoms with Gasteiger partial charge in [0.1, 0.15) is 25.6 Å². The van der Waals surface area contributed by atoms with Crippen LogP contribution in [-0.2, 0) is 46.5 Å². The van der Waals surface area contributed by atoms with E-state index >= 15 is 0 Å². The molecule has 434 valence electrons. The van der Waals surface area contributed by atoms with Gasteiger partial charge in [-0.1, -0.05) is 23.3 Å². The average molecular weight is 1130 g/mol. The Morgan fingerprint density at radius 1 is 0.688 bits per heavy atom. The number of likely N-dealkylation sites (N-methyl/N-ethyl adjacent to an activating group) is 1. The van der Waals surface area contributed by atoms with E-state index in [0.29, 0.717) is 161 Å². The normalized spacial score (nSPS) is 17.5. The third kappa shape index (κ3) is 17.5. The van der Waals surface area contributed by atoms with Crippen molar-refractivity contribution in [2.24, 2.45) is 9.98 Å². The quantitative estimate of drug-likeness (QED) is 0.0396. The largest absolute Gasteiger partial charge is 0.493 e. The highest BCUT2D eigenvalue weighted by Gasteiger charge is 2.36. The second-order valence-electron chi connectivity index (χ2n) is 20.0. The molecule has 5 heterocycles. The smallest absolute Gasteiger partial charge is 0.307 e. The molecule has 80 heavy (non-hydrogen) atoms. The van der Waals surface area contributed by atoms with Crippen LogP contribution in [-0.4, -0.2) is 199 Å². The van der Waals surface area contributed by atoms with E-state index in [9.17, 15) is 19.2 Å². The number of esters is 1. The Morgan fingerprint density at radius 2 is 1.19 bits per heavy atom. The Morgan fingerprint density at radius 3 is 1.68 bits per heavy atom. The minimum atomic E-state index is -0.309. The number of fused-ring (bicyclic) bond motifs is 4. The van der Waals surface area contributed by atoms with E-state index in [0.717, 1.165) is 12.8 Å². The van der Waals surface area contributed by atoms with E-state index in [4.69, 9.17) is 57.6 Å². The van der Waals surface area contributed by atoms with E-state index in [1.54, 1.807) is 36.0 Å². The van der Waals surface area contributed by atoms with E-state index < -0.39 is 0 Å². The van der Waals surface area contributed by atoms with Crippen molar-refractivity contribution in [1.82, 2.24) is 25.0 Å². The predicted octanol–water partition coefficient (Wildman–Crippen LogP) is 6.58. The standard InChI is InChI=1S/C58H77N7O14S/c1-9-39-23-43-31-60-48-29-52(50(70-6)27-46(48)56(68)64(43)33-39)78-35-41-25-45(26-42(62-41)36-79-53-30-49-47(28-51(53)71-7)57(69)65-34-40(10-2)24-44(65)32-61-49)77-16-13-63(5)38-58(3,4)80-37-54(66)59-12-15-74-18-20-76-22-21-75-19-17-73-14-11-55(67)72-8/h9-10,25-32,43-44H,11-24,33-38H2,1-8H3,(H,59,66)/b39-9+,40-10+/t43-,44-/m0/s1. The van der Waals surface area contributed by atoms with Crippen molar-refractivity contribution in [3.05, 3.63) is 82.2 Å². The summed E-state index contributed by atoms with van der Waals surface area (Å²) in [5, 5.41) is 2.92. The van der Waals surface area contributed by atoms with Gasteiger partial charge in [0.05, 0.1) is 132 Å². The van der Waals surface area contributed by atoms with Crippen LogP contribution in [0.4, 0.5) is 11.4 Å². The number of hydrogen-bond donors (Lipinski definition) is 1. The molecule has 2 aromatic carbocycles. The van der Waals surface area contributed by atoms with Crippen molar-refractivity contribution in [3.63, 3.8) is 0 Å². The fourth-order valence-corrected chi connectivity index (χ4v) is 10.3. The number of nitrogens with zero attached hydrogens (tertiary/aromatic N) is 6. The van der Waals surface area contributed by atoms with Crippen LogP contribution in [0.25, 0.3) is 0 Å². The number of aromatic nitrogens is 1. The molecule has 0 radical (unpaired) electrons. The molecular formula is C58H77N7O14S. The summed E-state index contributed by atoms with van der Waals surface area (Å²) >= 11 is 1.57. The number of hydrogen-bond acceptors (Lipinski definition) is 19. The van der Waals surface area contributed by atoms with Crippen LogP contribution in [0.3, 0.4) is 0 Å². The number of aliphatic imine (C=N–C) groups is 2. The number of ether oxygens (including phenoxy) is 10. The maximum Gasteiger partial charge on any atom is 0.307 e. The number of pyridine rings is 1. The summed E-state index contributed by atoms with van der Waals surface area (Å²) in [5.41, 5.74) is 5.33.